The van der Waals surface area contributed by atoms with Crippen LogP contribution in [0.3, 0.4) is 0 Å². The Morgan fingerprint density at radius 2 is 2.14 bits per heavy atom. The van der Waals surface area contributed by atoms with Gasteiger partial charge >= 0.3 is 13.8 Å². The molecule has 0 aromatic carbocycles. The van der Waals surface area contributed by atoms with Gasteiger partial charge in [0.1, 0.15) is 18.1 Å². The van der Waals surface area contributed by atoms with Gasteiger partial charge in [0.15, 0.2) is 11.5 Å². The highest BCUT2D eigenvalue weighted by molar-refractivity contribution is 7.52. The summed E-state index contributed by atoms with van der Waals surface area (Å²) in [6.07, 6.45) is 3.14. The van der Waals surface area contributed by atoms with Crippen molar-refractivity contribution in [1.82, 2.24) is 24.4 Å². The predicted octanol–water partition coefficient (Wildman–Crippen LogP) is 1.55. The number of anilines is 1. The molecule has 1 saturated carbocycles. The van der Waals surface area contributed by atoms with Crippen molar-refractivity contribution in [3.8, 4) is 0 Å². The van der Waals surface area contributed by atoms with E-state index in [9.17, 15) is 14.3 Å². The average Bonchev–Trinajstić information content (AvgIpc) is 3.28. The van der Waals surface area contributed by atoms with Gasteiger partial charge < -0.3 is 24.7 Å². The van der Waals surface area contributed by atoms with Gasteiger partial charge in [-0.05, 0) is 33.7 Å². The van der Waals surface area contributed by atoms with E-state index in [1.807, 2.05) is 4.57 Å². The molecule has 2 heterocycles. The maximum atomic E-state index is 12.4. The molecular weight excluding hydrogens is 403 g/mol. The largest absolute Gasteiger partial charge is 0.510 e. The number of hydrogen-bond donors (Lipinski definition) is 2. The third-order valence-electron chi connectivity index (χ3n) is 4.69. The molecule has 3 rings (SSSR count). The minimum Gasteiger partial charge on any atom is -0.432 e. The second kappa shape index (κ2) is 8.23. The fourth-order valence-corrected chi connectivity index (χ4v) is 4.11. The van der Waals surface area contributed by atoms with Crippen LogP contribution < -0.4 is 5.73 Å². The number of rotatable bonds is 9. The Labute approximate surface area is 167 Å². The number of nitrogens with zero attached hydrogens (tertiary/aromatic N) is 5. The zero-order valence-corrected chi connectivity index (χ0v) is 17.4. The minimum atomic E-state index is -4.02. The van der Waals surface area contributed by atoms with Crippen LogP contribution in [0.5, 0.6) is 0 Å². The summed E-state index contributed by atoms with van der Waals surface area (Å²) in [5, 5.41) is 0. The molecule has 1 fully saturated rings. The lowest BCUT2D eigenvalue weighted by molar-refractivity contribution is -0.0119. The van der Waals surface area contributed by atoms with Crippen molar-refractivity contribution < 1.29 is 28.3 Å². The number of nitrogens with two attached hydrogens (primary N) is 1. The number of ether oxygens (including phenoxy) is 2. The number of likely N-dealkylation sites (N-methyl/N-ethyl adjacent to an activating group) is 1. The highest BCUT2D eigenvalue weighted by Gasteiger charge is 2.48. The van der Waals surface area contributed by atoms with Gasteiger partial charge in [0, 0.05) is 12.1 Å². The molecule has 0 saturated heterocycles. The summed E-state index contributed by atoms with van der Waals surface area (Å²) in [7, 11) is -2.27. The first-order valence-electron chi connectivity index (χ1n) is 9.04. The van der Waals surface area contributed by atoms with E-state index in [1.54, 1.807) is 32.1 Å². The van der Waals surface area contributed by atoms with E-state index in [4.69, 9.17) is 15.0 Å². The van der Waals surface area contributed by atoms with E-state index in [2.05, 4.69) is 19.7 Å². The lowest BCUT2D eigenvalue weighted by Crippen LogP contribution is -2.38. The zero-order valence-electron chi connectivity index (χ0n) is 16.5. The molecule has 160 valence electrons. The van der Waals surface area contributed by atoms with Crippen LogP contribution in [0.4, 0.5) is 10.6 Å². The van der Waals surface area contributed by atoms with Crippen molar-refractivity contribution in [2.75, 3.05) is 25.9 Å². The Bertz CT molecular complexity index is 930. The third kappa shape index (κ3) is 5.21. The van der Waals surface area contributed by atoms with Gasteiger partial charge in [-0.25, -0.2) is 19.7 Å². The Balaban J connectivity index is 1.57. The number of imidazole rings is 1. The monoisotopic (exact) mass is 428 g/mol. The lowest BCUT2D eigenvalue weighted by atomic mass is 10.2. The van der Waals surface area contributed by atoms with Gasteiger partial charge in [0.25, 0.3) is 0 Å². The summed E-state index contributed by atoms with van der Waals surface area (Å²) < 4.78 is 28.5. The van der Waals surface area contributed by atoms with Crippen LogP contribution in [0.15, 0.2) is 12.7 Å². The second-order valence-corrected chi connectivity index (χ2v) is 9.13. The van der Waals surface area contributed by atoms with E-state index in [1.165, 1.54) is 6.33 Å². The number of carbonyl (C=O) groups excluding carboxylic acids is 1. The van der Waals surface area contributed by atoms with Crippen molar-refractivity contribution >= 4 is 30.7 Å². The Morgan fingerprint density at radius 1 is 1.41 bits per heavy atom. The lowest BCUT2D eigenvalue weighted by Gasteiger charge is -2.29. The smallest absolute Gasteiger partial charge is 0.432 e. The van der Waals surface area contributed by atoms with Gasteiger partial charge in [0.2, 0.25) is 6.79 Å². The quantitative estimate of drug-likeness (QED) is 0.339. The molecule has 0 spiro atoms. The highest BCUT2D eigenvalue weighted by Crippen LogP contribution is 2.49. The molecule has 0 aliphatic heterocycles. The zero-order chi connectivity index (χ0) is 21.2. The van der Waals surface area contributed by atoms with E-state index >= 15 is 0 Å². The molecule has 0 bridgehead atoms. The topological polar surface area (TPSA) is 155 Å². The molecule has 2 aromatic rings. The van der Waals surface area contributed by atoms with Crippen LogP contribution in [0.25, 0.3) is 11.2 Å². The molecule has 12 nitrogen and oxygen atoms in total. The molecule has 0 radical (unpaired) electrons. The maximum absolute atomic E-state index is 12.4. The van der Waals surface area contributed by atoms with Gasteiger partial charge in [-0.3, -0.25) is 14.0 Å². The summed E-state index contributed by atoms with van der Waals surface area (Å²) >= 11 is 0. The van der Waals surface area contributed by atoms with Crippen LogP contribution in [0.2, 0.25) is 0 Å². The average molecular weight is 428 g/mol. The Kier molecular flexibility index (Phi) is 6.08. The van der Waals surface area contributed by atoms with Crippen molar-refractivity contribution in [3.05, 3.63) is 12.7 Å². The third-order valence-corrected chi connectivity index (χ3v) is 5.98. The maximum Gasteiger partial charge on any atom is 0.510 e. The van der Waals surface area contributed by atoms with Gasteiger partial charge in [-0.15, -0.1) is 0 Å². The number of hydrogen-bond acceptors (Lipinski definition) is 10. The molecule has 1 aliphatic carbocycles. The number of nitrogen functional groups attached to an aromatic ring is 1. The number of fused-ring (bicyclic) bond motifs is 1. The van der Waals surface area contributed by atoms with Gasteiger partial charge in [-0.1, -0.05) is 0 Å². The minimum absolute atomic E-state index is 0.223. The van der Waals surface area contributed by atoms with Crippen molar-refractivity contribution in [2.24, 2.45) is 0 Å². The first-order valence-corrected chi connectivity index (χ1v) is 10.8. The number of carbonyl (C=O) groups is 1. The van der Waals surface area contributed by atoms with Crippen LogP contribution in [-0.2, 0) is 25.1 Å². The van der Waals surface area contributed by atoms with Crippen molar-refractivity contribution in [1.29, 1.82) is 0 Å². The first-order chi connectivity index (χ1) is 13.6. The van der Waals surface area contributed by atoms with E-state index in [0.717, 1.165) is 12.8 Å². The summed E-state index contributed by atoms with van der Waals surface area (Å²) in [5.74, 6) is 0.302. The van der Waals surface area contributed by atoms with Crippen LogP contribution >= 0.6 is 7.60 Å². The standard InChI is InChI=1S/C16H25N6O6P/c1-11(2)28-15(23)26-10-27-29(24,25)9-21(3)16(4-5-16)6-22-8-20-12-13(17)18-7-19-14(12)22/h7-8,11H,4-6,9-10H2,1-3H3,(H,24,25)(H2,17,18,19). The summed E-state index contributed by atoms with van der Waals surface area (Å²) in [5.41, 5.74) is 6.62. The highest BCUT2D eigenvalue weighted by atomic mass is 31.2. The molecule has 3 N–H and O–H groups in total. The summed E-state index contributed by atoms with van der Waals surface area (Å²) in [6.45, 7) is 3.18. The van der Waals surface area contributed by atoms with Crippen LogP contribution in [0.1, 0.15) is 26.7 Å². The molecule has 13 heteroatoms. The van der Waals surface area contributed by atoms with Crippen molar-refractivity contribution in [2.45, 2.75) is 44.9 Å². The molecule has 1 unspecified atom stereocenters. The van der Waals surface area contributed by atoms with Crippen molar-refractivity contribution in [3.63, 3.8) is 0 Å². The molecule has 1 aliphatic rings. The fraction of sp³-hybridized carbons (Fsp3) is 0.625. The Hall–Kier alpha value is -2.27. The van der Waals surface area contributed by atoms with E-state index in [0.29, 0.717) is 23.5 Å². The molecule has 29 heavy (non-hydrogen) atoms. The molecule has 0 amide bonds. The van der Waals surface area contributed by atoms with E-state index < -0.39 is 20.5 Å². The molecule has 2 aromatic heterocycles. The molecular formula is C16H25N6O6P. The van der Waals surface area contributed by atoms with Crippen LogP contribution in [-0.4, -0.2) is 67.2 Å². The SMILES string of the molecule is CC(C)OC(=O)OCOP(=O)(O)CN(C)C1(Cn2cnc3c(N)ncnc32)CC1. The van der Waals surface area contributed by atoms with Gasteiger partial charge in [0.05, 0.1) is 12.4 Å². The second-order valence-electron chi connectivity index (χ2n) is 7.31. The Morgan fingerprint density at radius 3 is 2.79 bits per heavy atom. The number of aromatic nitrogens is 4. The van der Waals surface area contributed by atoms with Gasteiger partial charge in [-0.2, -0.15) is 0 Å². The summed E-state index contributed by atoms with van der Waals surface area (Å²) in [6, 6.07) is 0. The predicted molar refractivity (Wildman–Crippen MR) is 103 cm³/mol. The van der Waals surface area contributed by atoms with E-state index in [-0.39, 0.29) is 17.9 Å². The summed E-state index contributed by atoms with van der Waals surface area (Å²) in [4.78, 5) is 35.6. The first kappa shape index (κ1) is 21.4. The normalized spacial score (nSPS) is 17.4. The molecule has 1 atom stereocenters. The fourth-order valence-electron chi connectivity index (χ4n) is 2.98. The van der Waals surface area contributed by atoms with Crippen LogP contribution in [0, 0.1) is 0 Å².